The fourth-order valence-electron chi connectivity index (χ4n) is 3.66. The number of benzene rings is 2. The van der Waals surface area contributed by atoms with Gasteiger partial charge in [0, 0.05) is 19.5 Å². The molecule has 0 unspecified atom stereocenters. The number of piperidine rings is 1. The Morgan fingerprint density at radius 3 is 2.30 bits per heavy atom. The Labute approximate surface area is 196 Å². The van der Waals surface area contributed by atoms with E-state index in [9.17, 15) is 18.0 Å². The summed E-state index contributed by atoms with van der Waals surface area (Å²) in [6, 6.07) is 13.9. The van der Waals surface area contributed by atoms with Gasteiger partial charge in [0.15, 0.2) is 0 Å². The summed E-state index contributed by atoms with van der Waals surface area (Å²) in [6.07, 6.45) is 2.72. The van der Waals surface area contributed by atoms with Gasteiger partial charge in [0.1, 0.15) is 6.61 Å². The second-order valence-corrected chi connectivity index (χ2v) is 10.5. The lowest BCUT2D eigenvalue weighted by atomic mass is 10.0. The maximum Gasteiger partial charge on any atom is 0.338 e. The van der Waals surface area contributed by atoms with E-state index in [1.807, 2.05) is 31.2 Å². The smallest absolute Gasteiger partial charge is 0.338 e. The first-order valence-corrected chi connectivity index (χ1v) is 12.8. The van der Waals surface area contributed by atoms with E-state index < -0.39 is 16.0 Å². The van der Waals surface area contributed by atoms with Crippen LogP contribution in [-0.4, -0.2) is 50.8 Å². The van der Waals surface area contributed by atoms with E-state index in [4.69, 9.17) is 4.74 Å². The third kappa shape index (κ3) is 7.14. The maximum absolute atomic E-state index is 12.8. The zero-order valence-electron chi connectivity index (χ0n) is 19.2. The molecule has 0 bridgehead atoms. The molecule has 2 aromatic rings. The first-order chi connectivity index (χ1) is 15.8. The number of nitrogens with zero attached hydrogens (tertiary/aromatic N) is 1. The van der Waals surface area contributed by atoms with E-state index in [2.05, 4.69) is 12.2 Å². The minimum Gasteiger partial charge on any atom is -0.460 e. The topological polar surface area (TPSA) is 92.8 Å². The zero-order chi connectivity index (χ0) is 23.8. The summed E-state index contributed by atoms with van der Waals surface area (Å²) in [7, 11) is -3.55. The maximum atomic E-state index is 12.8. The van der Waals surface area contributed by atoms with Gasteiger partial charge in [-0.25, -0.2) is 13.2 Å². The molecule has 1 fully saturated rings. The molecule has 0 aromatic heterocycles. The van der Waals surface area contributed by atoms with Gasteiger partial charge in [-0.05, 0) is 61.9 Å². The molecule has 1 amide bonds. The van der Waals surface area contributed by atoms with Crippen molar-refractivity contribution in [3.05, 3.63) is 65.2 Å². The predicted octanol–water partition coefficient (Wildman–Crippen LogP) is 3.32. The second kappa shape index (κ2) is 11.4. The molecular formula is C25H32N2O5S. The highest BCUT2D eigenvalue weighted by Gasteiger charge is 2.28. The van der Waals surface area contributed by atoms with Crippen LogP contribution < -0.4 is 5.32 Å². The third-order valence-corrected chi connectivity index (χ3v) is 7.80. The van der Waals surface area contributed by atoms with E-state index in [1.165, 1.54) is 34.1 Å². The average molecular weight is 473 g/mol. The van der Waals surface area contributed by atoms with E-state index in [0.29, 0.717) is 31.8 Å². The summed E-state index contributed by atoms with van der Waals surface area (Å²) >= 11 is 0. The molecule has 33 heavy (non-hydrogen) atoms. The number of amides is 1. The van der Waals surface area contributed by atoms with Crippen LogP contribution >= 0.6 is 0 Å². The molecule has 3 rings (SSSR count). The van der Waals surface area contributed by atoms with Crippen LogP contribution in [0.25, 0.3) is 0 Å². The third-order valence-electron chi connectivity index (χ3n) is 5.89. The molecule has 0 aliphatic carbocycles. The summed E-state index contributed by atoms with van der Waals surface area (Å²) in [5.41, 5.74) is 2.55. The van der Waals surface area contributed by atoms with Crippen molar-refractivity contribution in [2.45, 2.75) is 44.4 Å². The molecule has 1 N–H and O–H groups in total. The van der Waals surface area contributed by atoms with Crippen molar-refractivity contribution in [1.29, 1.82) is 0 Å². The Bertz CT molecular complexity index is 1040. The Hall–Kier alpha value is -2.71. The summed E-state index contributed by atoms with van der Waals surface area (Å²) in [5.74, 6) is -0.125. The number of ether oxygens (including phenoxy) is 1. The molecule has 0 radical (unpaired) electrons. The molecule has 178 valence electrons. The fraction of sp³-hybridized carbons (Fsp3) is 0.440. The van der Waals surface area contributed by atoms with Gasteiger partial charge in [0.05, 0.1) is 17.0 Å². The number of aryl methyl sites for hydroxylation is 2. The predicted molar refractivity (Wildman–Crippen MR) is 126 cm³/mol. The Balaban J connectivity index is 1.40. The molecule has 7 nitrogen and oxygen atoms in total. The van der Waals surface area contributed by atoms with E-state index >= 15 is 0 Å². The number of carbonyl (C=O) groups is 2. The minimum absolute atomic E-state index is 0.0428. The summed E-state index contributed by atoms with van der Waals surface area (Å²) < 4.78 is 32.3. The lowest BCUT2D eigenvalue weighted by Crippen LogP contribution is -2.37. The van der Waals surface area contributed by atoms with Crippen molar-refractivity contribution < 1.29 is 22.7 Å². The van der Waals surface area contributed by atoms with Gasteiger partial charge in [0.25, 0.3) is 0 Å². The lowest BCUT2D eigenvalue weighted by molar-refractivity contribution is -0.121. The number of sulfonamides is 1. The molecule has 1 aliphatic heterocycles. The van der Waals surface area contributed by atoms with E-state index in [-0.39, 0.29) is 29.5 Å². The van der Waals surface area contributed by atoms with Gasteiger partial charge >= 0.3 is 5.97 Å². The normalized spacial score (nSPS) is 15.2. The van der Waals surface area contributed by atoms with E-state index in [0.717, 1.165) is 18.4 Å². The first kappa shape index (κ1) is 24.9. The number of carbonyl (C=O) groups excluding carboxylic acids is 2. The Morgan fingerprint density at radius 1 is 1.03 bits per heavy atom. The number of rotatable bonds is 9. The standard InChI is InChI=1S/C25H32N2O5S/c1-19-3-5-21(6-4-19)7-12-24(28)26-15-18-32-25(29)22-8-10-23(11-9-22)33(30,31)27-16-13-20(2)14-17-27/h3-6,8-11,20H,7,12-18H2,1-2H3,(H,26,28). The van der Waals surface area contributed by atoms with Crippen LogP contribution in [0.3, 0.4) is 0 Å². The van der Waals surface area contributed by atoms with Crippen LogP contribution in [0.5, 0.6) is 0 Å². The lowest BCUT2D eigenvalue weighted by Gasteiger charge is -2.29. The number of esters is 1. The van der Waals surface area contributed by atoms with Gasteiger partial charge in [-0.1, -0.05) is 36.8 Å². The molecule has 0 atom stereocenters. The molecule has 2 aromatic carbocycles. The molecular weight excluding hydrogens is 440 g/mol. The van der Waals surface area contributed by atoms with E-state index in [1.54, 1.807) is 0 Å². The molecule has 1 saturated heterocycles. The summed E-state index contributed by atoms with van der Waals surface area (Å²) in [5, 5.41) is 2.74. The number of hydrogen-bond acceptors (Lipinski definition) is 5. The van der Waals surface area contributed by atoms with Gasteiger partial charge < -0.3 is 10.1 Å². The Morgan fingerprint density at radius 2 is 1.67 bits per heavy atom. The first-order valence-electron chi connectivity index (χ1n) is 11.4. The van der Waals surface area contributed by atoms with Crippen LogP contribution in [0.1, 0.15) is 47.7 Å². The van der Waals surface area contributed by atoms with Gasteiger partial charge in [0.2, 0.25) is 15.9 Å². The molecule has 0 spiro atoms. The van der Waals surface area contributed by atoms with Crippen molar-refractivity contribution in [3.8, 4) is 0 Å². The van der Waals surface area contributed by atoms with Crippen LogP contribution in [0.15, 0.2) is 53.4 Å². The van der Waals surface area contributed by atoms with Gasteiger partial charge in [-0.15, -0.1) is 0 Å². The van der Waals surface area contributed by atoms with Crippen molar-refractivity contribution in [1.82, 2.24) is 9.62 Å². The van der Waals surface area contributed by atoms with Crippen LogP contribution in [0, 0.1) is 12.8 Å². The number of nitrogens with one attached hydrogen (secondary N) is 1. The molecule has 1 heterocycles. The SMILES string of the molecule is Cc1ccc(CCC(=O)NCCOC(=O)c2ccc(S(=O)(=O)N3CCC(C)CC3)cc2)cc1. The van der Waals surface area contributed by atoms with Gasteiger partial charge in [-0.2, -0.15) is 4.31 Å². The average Bonchev–Trinajstić information content (AvgIpc) is 2.81. The van der Waals surface area contributed by atoms with Crippen LogP contribution in [0.2, 0.25) is 0 Å². The van der Waals surface area contributed by atoms with Crippen molar-refractivity contribution in [3.63, 3.8) is 0 Å². The van der Waals surface area contributed by atoms with Crippen LogP contribution in [-0.2, 0) is 26.0 Å². The molecule has 8 heteroatoms. The van der Waals surface area contributed by atoms with Crippen molar-refractivity contribution in [2.75, 3.05) is 26.2 Å². The van der Waals surface area contributed by atoms with Crippen molar-refractivity contribution in [2.24, 2.45) is 5.92 Å². The zero-order valence-corrected chi connectivity index (χ0v) is 20.1. The monoisotopic (exact) mass is 472 g/mol. The summed E-state index contributed by atoms with van der Waals surface area (Å²) in [4.78, 5) is 24.4. The fourth-order valence-corrected chi connectivity index (χ4v) is 5.13. The largest absolute Gasteiger partial charge is 0.460 e. The quantitative estimate of drug-likeness (QED) is 0.446. The highest BCUT2D eigenvalue weighted by atomic mass is 32.2. The van der Waals surface area contributed by atoms with Gasteiger partial charge in [-0.3, -0.25) is 4.79 Å². The number of hydrogen-bond donors (Lipinski definition) is 1. The second-order valence-electron chi connectivity index (χ2n) is 8.58. The highest BCUT2D eigenvalue weighted by Crippen LogP contribution is 2.23. The molecule has 1 aliphatic rings. The summed E-state index contributed by atoms with van der Waals surface area (Å²) in [6.45, 7) is 5.44. The Kier molecular flexibility index (Phi) is 8.63. The van der Waals surface area contributed by atoms with Crippen molar-refractivity contribution >= 4 is 21.9 Å². The minimum atomic E-state index is -3.55. The highest BCUT2D eigenvalue weighted by molar-refractivity contribution is 7.89. The molecule has 0 saturated carbocycles. The van der Waals surface area contributed by atoms with Crippen LogP contribution in [0.4, 0.5) is 0 Å².